The summed E-state index contributed by atoms with van der Waals surface area (Å²) in [6.45, 7) is 3.27. The number of benzene rings is 1. The lowest BCUT2D eigenvalue weighted by molar-refractivity contribution is -0.0438. The number of thiazole rings is 1. The molecule has 3 heterocycles. The number of hydrogen-bond donors (Lipinski definition) is 1. The number of fused-ring (bicyclic) bond motifs is 3. The van der Waals surface area contributed by atoms with Gasteiger partial charge >= 0.3 is 0 Å². The molecule has 4 heteroatoms. The standard InChI is InChI=1S/C15H18N2OS/c18-15(6-8-17-7-5-11(15)10-17)9-14-16-12-3-1-2-4-13(12)19-14/h1-4,11,18H,5-10H2. The first-order valence-corrected chi connectivity index (χ1v) is 7.84. The Morgan fingerprint density at radius 2 is 2.26 bits per heavy atom. The lowest BCUT2D eigenvalue weighted by atomic mass is 9.80. The van der Waals surface area contributed by atoms with Crippen molar-refractivity contribution in [2.24, 2.45) is 5.92 Å². The van der Waals surface area contributed by atoms with Crippen LogP contribution in [0.25, 0.3) is 10.2 Å². The minimum absolute atomic E-state index is 0.438. The van der Waals surface area contributed by atoms with Crippen molar-refractivity contribution in [3.63, 3.8) is 0 Å². The van der Waals surface area contributed by atoms with Crippen LogP contribution in [0.15, 0.2) is 24.3 Å². The zero-order valence-corrected chi connectivity index (χ0v) is 11.7. The fourth-order valence-electron chi connectivity index (χ4n) is 3.52. The van der Waals surface area contributed by atoms with E-state index in [2.05, 4.69) is 28.1 Å². The van der Waals surface area contributed by atoms with Crippen molar-refractivity contribution in [2.45, 2.75) is 24.9 Å². The van der Waals surface area contributed by atoms with Crippen LogP contribution in [0.2, 0.25) is 0 Å². The lowest BCUT2D eigenvalue weighted by Gasteiger charge is -2.38. The summed E-state index contributed by atoms with van der Waals surface area (Å²) < 4.78 is 1.23. The van der Waals surface area contributed by atoms with Crippen molar-refractivity contribution in [2.75, 3.05) is 19.6 Å². The molecule has 2 fully saturated rings. The second kappa shape index (κ2) is 4.27. The van der Waals surface area contributed by atoms with E-state index in [1.54, 1.807) is 11.3 Å². The summed E-state index contributed by atoms with van der Waals surface area (Å²) in [5.41, 5.74) is 0.538. The molecule has 0 saturated carbocycles. The van der Waals surface area contributed by atoms with Gasteiger partial charge in [0.05, 0.1) is 20.8 Å². The average molecular weight is 274 g/mol. The van der Waals surface area contributed by atoms with Gasteiger partial charge in [-0.3, -0.25) is 0 Å². The van der Waals surface area contributed by atoms with Crippen molar-refractivity contribution in [3.8, 4) is 0 Å². The molecule has 0 radical (unpaired) electrons. The Bertz CT molecular complexity index is 578. The molecule has 100 valence electrons. The molecule has 4 rings (SSSR count). The molecule has 1 N–H and O–H groups in total. The number of rotatable bonds is 2. The van der Waals surface area contributed by atoms with Crippen molar-refractivity contribution in [1.82, 2.24) is 9.88 Å². The lowest BCUT2D eigenvalue weighted by Crippen LogP contribution is -2.47. The van der Waals surface area contributed by atoms with Crippen LogP contribution in [0.1, 0.15) is 17.8 Å². The first-order chi connectivity index (χ1) is 9.23. The van der Waals surface area contributed by atoms with Gasteiger partial charge in [0.1, 0.15) is 0 Å². The van der Waals surface area contributed by atoms with Crippen LogP contribution in [0.4, 0.5) is 0 Å². The molecule has 2 saturated heterocycles. The van der Waals surface area contributed by atoms with E-state index in [0.717, 1.165) is 49.4 Å². The molecule has 2 aliphatic rings. The first-order valence-electron chi connectivity index (χ1n) is 7.02. The maximum atomic E-state index is 11.0. The summed E-state index contributed by atoms with van der Waals surface area (Å²) in [6.07, 6.45) is 2.76. The summed E-state index contributed by atoms with van der Waals surface area (Å²) in [4.78, 5) is 7.15. The molecule has 3 atom stereocenters. The van der Waals surface area contributed by atoms with E-state index in [1.807, 2.05) is 6.07 Å². The monoisotopic (exact) mass is 274 g/mol. The van der Waals surface area contributed by atoms with Gasteiger partial charge in [-0.2, -0.15) is 0 Å². The normalized spacial score (nSPS) is 33.9. The molecule has 2 aromatic rings. The summed E-state index contributed by atoms with van der Waals surface area (Å²) >= 11 is 1.73. The van der Waals surface area contributed by atoms with E-state index in [0.29, 0.717) is 5.92 Å². The van der Waals surface area contributed by atoms with Gasteiger partial charge < -0.3 is 10.0 Å². The molecule has 3 nitrogen and oxygen atoms in total. The quantitative estimate of drug-likeness (QED) is 0.913. The smallest absolute Gasteiger partial charge is 0.0967 e. The van der Waals surface area contributed by atoms with Crippen LogP contribution in [0, 0.1) is 5.92 Å². The summed E-state index contributed by atoms with van der Waals surface area (Å²) in [5, 5.41) is 12.1. The minimum Gasteiger partial charge on any atom is -0.389 e. The number of aromatic nitrogens is 1. The maximum Gasteiger partial charge on any atom is 0.0967 e. The van der Waals surface area contributed by atoms with Gasteiger partial charge in [0.2, 0.25) is 0 Å². The Labute approximate surface area is 116 Å². The number of para-hydroxylation sites is 1. The van der Waals surface area contributed by atoms with Crippen LogP contribution in [-0.4, -0.2) is 40.2 Å². The highest BCUT2D eigenvalue weighted by molar-refractivity contribution is 7.18. The zero-order valence-electron chi connectivity index (χ0n) is 10.9. The summed E-state index contributed by atoms with van der Waals surface area (Å²) in [5.74, 6) is 0.438. The Morgan fingerprint density at radius 3 is 3.16 bits per heavy atom. The number of hydrogen-bond acceptors (Lipinski definition) is 4. The maximum absolute atomic E-state index is 11.0. The summed E-state index contributed by atoms with van der Waals surface area (Å²) in [7, 11) is 0. The molecule has 1 aromatic heterocycles. The van der Waals surface area contributed by atoms with E-state index < -0.39 is 5.60 Å². The number of aliphatic hydroxyl groups is 1. The van der Waals surface area contributed by atoms with E-state index in [-0.39, 0.29) is 0 Å². The van der Waals surface area contributed by atoms with Crippen molar-refractivity contribution < 1.29 is 5.11 Å². The second-order valence-corrected chi connectivity index (χ2v) is 7.01. The fraction of sp³-hybridized carbons (Fsp3) is 0.533. The van der Waals surface area contributed by atoms with E-state index in [1.165, 1.54) is 4.70 Å². The zero-order chi connectivity index (χ0) is 12.9. The minimum atomic E-state index is -0.527. The van der Waals surface area contributed by atoms with Crippen LogP contribution >= 0.6 is 11.3 Å². The number of piperidine rings is 1. The second-order valence-electron chi connectivity index (χ2n) is 5.89. The molecule has 2 bridgehead atoms. The van der Waals surface area contributed by atoms with Gasteiger partial charge in [-0.05, 0) is 31.5 Å². The van der Waals surface area contributed by atoms with Gasteiger partial charge in [-0.25, -0.2) is 4.98 Å². The van der Waals surface area contributed by atoms with Crippen molar-refractivity contribution >= 4 is 21.6 Å². The predicted molar refractivity (Wildman–Crippen MR) is 77.4 cm³/mol. The highest BCUT2D eigenvalue weighted by Gasteiger charge is 2.45. The van der Waals surface area contributed by atoms with E-state index in [9.17, 15) is 5.11 Å². The van der Waals surface area contributed by atoms with E-state index in [4.69, 9.17) is 0 Å². The Kier molecular flexibility index (Phi) is 2.65. The Morgan fingerprint density at radius 1 is 1.37 bits per heavy atom. The number of nitrogens with zero attached hydrogens (tertiary/aromatic N) is 2. The third kappa shape index (κ3) is 1.98. The van der Waals surface area contributed by atoms with Crippen LogP contribution < -0.4 is 0 Å². The van der Waals surface area contributed by atoms with Gasteiger partial charge in [0.15, 0.2) is 0 Å². The predicted octanol–water partition coefficient (Wildman–Crippen LogP) is 2.30. The van der Waals surface area contributed by atoms with Gasteiger partial charge in [0.25, 0.3) is 0 Å². The SMILES string of the molecule is OC1(Cc2nc3ccccc3s2)CCN2CCC1C2. The largest absolute Gasteiger partial charge is 0.389 e. The fourth-order valence-corrected chi connectivity index (χ4v) is 4.61. The summed E-state index contributed by atoms with van der Waals surface area (Å²) in [6, 6.07) is 8.24. The molecule has 0 amide bonds. The Balaban J connectivity index is 1.63. The molecule has 19 heavy (non-hydrogen) atoms. The molecular weight excluding hydrogens is 256 g/mol. The van der Waals surface area contributed by atoms with Crippen molar-refractivity contribution in [1.29, 1.82) is 0 Å². The van der Waals surface area contributed by atoms with Gasteiger partial charge in [0, 0.05) is 25.4 Å². The van der Waals surface area contributed by atoms with E-state index >= 15 is 0 Å². The average Bonchev–Trinajstić information content (AvgIpc) is 2.99. The topological polar surface area (TPSA) is 36.4 Å². The van der Waals surface area contributed by atoms with Crippen LogP contribution in [-0.2, 0) is 6.42 Å². The molecule has 0 aliphatic carbocycles. The highest BCUT2D eigenvalue weighted by atomic mass is 32.1. The van der Waals surface area contributed by atoms with Gasteiger partial charge in [-0.1, -0.05) is 12.1 Å². The molecule has 0 spiro atoms. The highest BCUT2D eigenvalue weighted by Crippen LogP contribution is 2.38. The molecule has 1 aromatic carbocycles. The van der Waals surface area contributed by atoms with Crippen LogP contribution in [0.5, 0.6) is 0 Å². The third-order valence-electron chi connectivity index (χ3n) is 4.69. The van der Waals surface area contributed by atoms with Crippen molar-refractivity contribution in [3.05, 3.63) is 29.3 Å². The van der Waals surface area contributed by atoms with Crippen LogP contribution in [0.3, 0.4) is 0 Å². The molecular formula is C15H18N2OS. The van der Waals surface area contributed by atoms with Gasteiger partial charge in [-0.15, -0.1) is 11.3 Å². The molecule has 3 unspecified atom stereocenters. The molecule has 2 aliphatic heterocycles. The first kappa shape index (κ1) is 11.8. The Hall–Kier alpha value is -0.970. The third-order valence-corrected chi connectivity index (χ3v) is 5.73.